The molecule has 1 amide bonds. The third kappa shape index (κ3) is 2.63. The summed E-state index contributed by atoms with van der Waals surface area (Å²) >= 11 is 0. The zero-order valence-electron chi connectivity index (χ0n) is 10.8. The van der Waals surface area contributed by atoms with Gasteiger partial charge in [-0.05, 0) is 12.1 Å². The number of nitrogens with zero attached hydrogens (tertiary/aromatic N) is 5. The van der Waals surface area contributed by atoms with Gasteiger partial charge in [-0.25, -0.2) is 0 Å². The Hall–Kier alpha value is -2.77. The first-order valence-electron chi connectivity index (χ1n) is 6.06. The molecule has 0 radical (unpaired) electrons. The number of nitrogens with one attached hydrogen (secondary N) is 1. The van der Waals surface area contributed by atoms with Crippen molar-refractivity contribution in [2.24, 2.45) is 0 Å². The molecule has 0 aliphatic rings. The Morgan fingerprint density at radius 2 is 1.95 bits per heavy atom. The molecular weight excluding hydrogens is 260 g/mol. The Morgan fingerprint density at radius 1 is 1.25 bits per heavy atom. The third-order valence-corrected chi connectivity index (χ3v) is 2.62. The summed E-state index contributed by atoms with van der Waals surface area (Å²) in [6, 6.07) is 7.44. The van der Waals surface area contributed by atoms with Gasteiger partial charge in [0.1, 0.15) is 17.6 Å². The maximum Gasteiger partial charge on any atom is 0.244 e. The quantitative estimate of drug-likeness (QED) is 0.739. The molecule has 0 bridgehead atoms. The number of hydrogen-bond acceptors (Lipinski definition) is 6. The predicted octanol–water partition coefficient (Wildman–Crippen LogP) is 0.439. The molecule has 2 heterocycles. The van der Waals surface area contributed by atoms with Crippen LogP contribution in [0.15, 0.2) is 28.7 Å². The van der Waals surface area contributed by atoms with Crippen molar-refractivity contribution in [3.05, 3.63) is 36.0 Å². The van der Waals surface area contributed by atoms with E-state index >= 15 is 0 Å². The highest BCUT2D eigenvalue weighted by Gasteiger charge is 2.08. The van der Waals surface area contributed by atoms with Crippen molar-refractivity contribution in [3.8, 4) is 0 Å². The molecule has 8 nitrogen and oxygen atoms in total. The molecule has 1 N–H and O–H groups in total. The molecule has 8 heteroatoms. The second kappa shape index (κ2) is 5.08. The Balaban J connectivity index is 1.60. The Kier molecular flexibility index (Phi) is 3.12. The summed E-state index contributed by atoms with van der Waals surface area (Å²) in [7, 11) is 0. The number of fused-ring (bicyclic) bond motifs is 1. The van der Waals surface area contributed by atoms with Gasteiger partial charge in [-0.3, -0.25) is 4.79 Å². The van der Waals surface area contributed by atoms with E-state index in [9.17, 15) is 4.79 Å². The summed E-state index contributed by atoms with van der Waals surface area (Å²) in [5.74, 6) is 0.616. The molecule has 3 aromatic rings. The molecular formula is C12H12N6O2. The standard InChI is InChI=1S/C12H12N6O2/c1-8-14-15-12(20-8)6-13-11(19)7-18-16-9-4-2-3-5-10(9)17-18/h2-5H,6-7H2,1H3,(H,13,19). The van der Waals surface area contributed by atoms with Gasteiger partial charge in [0.25, 0.3) is 0 Å². The molecule has 102 valence electrons. The number of hydrogen-bond donors (Lipinski definition) is 1. The maximum atomic E-state index is 11.8. The molecule has 0 spiro atoms. The Morgan fingerprint density at radius 3 is 2.55 bits per heavy atom. The fourth-order valence-electron chi connectivity index (χ4n) is 1.74. The monoisotopic (exact) mass is 272 g/mol. The average Bonchev–Trinajstić information content (AvgIpc) is 3.01. The van der Waals surface area contributed by atoms with E-state index in [4.69, 9.17) is 4.42 Å². The van der Waals surface area contributed by atoms with E-state index in [1.54, 1.807) is 6.92 Å². The van der Waals surface area contributed by atoms with Crippen LogP contribution in [0.2, 0.25) is 0 Å². The first-order chi connectivity index (χ1) is 9.70. The van der Waals surface area contributed by atoms with E-state index in [0.29, 0.717) is 11.8 Å². The van der Waals surface area contributed by atoms with Crippen molar-refractivity contribution < 1.29 is 9.21 Å². The van der Waals surface area contributed by atoms with E-state index in [0.717, 1.165) is 11.0 Å². The van der Waals surface area contributed by atoms with Gasteiger partial charge in [-0.1, -0.05) is 12.1 Å². The van der Waals surface area contributed by atoms with Crippen LogP contribution in [0.25, 0.3) is 11.0 Å². The molecule has 0 aliphatic heterocycles. The molecule has 0 saturated heterocycles. The predicted molar refractivity (Wildman–Crippen MR) is 68.4 cm³/mol. The molecule has 0 saturated carbocycles. The van der Waals surface area contributed by atoms with Crippen LogP contribution in [0.1, 0.15) is 11.8 Å². The van der Waals surface area contributed by atoms with E-state index in [2.05, 4.69) is 25.7 Å². The van der Waals surface area contributed by atoms with Crippen molar-refractivity contribution in [2.45, 2.75) is 20.0 Å². The van der Waals surface area contributed by atoms with Gasteiger partial charge >= 0.3 is 0 Å². The smallest absolute Gasteiger partial charge is 0.244 e. The van der Waals surface area contributed by atoms with Crippen LogP contribution in [-0.2, 0) is 17.9 Å². The largest absolute Gasteiger partial charge is 0.424 e. The minimum Gasteiger partial charge on any atom is -0.424 e. The van der Waals surface area contributed by atoms with Gasteiger partial charge in [-0.2, -0.15) is 15.0 Å². The van der Waals surface area contributed by atoms with E-state index < -0.39 is 0 Å². The minimum atomic E-state index is -0.221. The second-order valence-corrected chi connectivity index (χ2v) is 4.21. The lowest BCUT2D eigenvalue weighted by atomic mass is 10.3. The van der Waals surface area contributed by atoms with Crippen molar-refractivity contribution in [3.63, 3.8) is 0 Å². The number of aryl methyl sites for hydroxylation is 1. The summed E-state index contributed by atoms with van der Waals surface area (Å²) < 4.78 is 5.16. The molecule has 2 aromatic heterocycles. The van der Waals surface area contributed by atoms with Crippen LogP contribution in [0.4, 0.5) is 0 Å². The number of rotatable bonds is 4. The summed E-state index contributed by atoms with van der Waals surface area (Å²) in [5.41, 5.74) is 1.51. The second-order valence-electron chi connectivity index (χ2n) is 4.21. The van der Waals surface area contributed by atoms with Crippen molar-refractivity contribution >= 4 is 16.9 Å². The van der Waals surface area contributed by atoms with Crippen LogP contribution >= 0.6 is 0 Å². The Labute approximate surface area is 113 Å². The SMILES string of the molecule is Cc1nnc(CNC(=O)Cn2nc3ccccc3n2)o1. The minimum absolute atomic E-state index is 0.0435. The van der Waals surface area contributed by atoms with Crippen LogP contribution in [-0.4, -0.2) is 31.1 Å². The normalized spacial score (nSPS) is 10.8. The van der Waals surface area contributed by atoms with Crippen molar-refractivity contribution in [2.75, 3.05) is 0 Å². The number of carbonyl (C=O) groups excluding carboxylic acids is 1. The van der Waals surface area contributed by atoms with Crippen molar-refractivity contribution in [1.29, 1.82) is 0 Å². The molecule has 0 fully saturated rings. The van der Waals surface area contributed by atoms with Gasteiger partial charge in [0.15, 0.2) is 0 Å². The van der Waals surface area contributed by atoms with E-state index in [1.807, 2.05) is 24.3 Å². The fourth-order valence-corrected chi connectivity index (χ4v) is 1.74. The number of aromatic nitrogens is 5. The number of amides is 1. The van der Waals surface area contributed by atoms with Crippen LogP contribution < -0.4 is 5.32 Å². The van der Waals surface area contributed by atoms with Crippen LogP contribution in [0.5, 0.6) is 0 Å². The molecule has 0 unspecified atom stereocenters. The zero-order valence-corrected chi connectivity index (χ0v) is 10.8. The lowest BCUT2D eigenvalue weighted by molar-refractivity contribution is -0.122. The maximum absolute atomic E-state index is 11.8. The molecule has 1 aromatic carbocycles. The number of carbonyl (C=O) groups is 1. The highest BCUT2D eigenvalue weighted by atomic mass is 16.4. The lowest BCUT2D eigenvalue weighted by Gasteiger charge is -2.01. The van der Waals surface area contributed by atoms with Gasteiger partial charge in [-0.15, -0.1) is 10.2 Å². The van der Waals surface area contributed by atoms with E-state index in [1.165, 1.54) is 4.80 Å². The first-order valence-corrected chi connectivity index (χ1v) is 6.06. The summed E-state index contributed by atoms with van der Waals surface area (Å²) in [6.07, 6.45) is 0. The highest BCUT2D eigenvalue weighted by molar-refractivity contribution is 5.76. The third-order valence-electron chi connectivity index (χ3n) is 2.62. The molecule has 0 aliphatic carbocycles. The summed E-state index contributed by atoms with van der Waals surface area (Å²) in [4.78, 5) is 13.1. The topological polar surface area (TPSA) is 98.7 Å². The Bertz CT molecular complexity index is 714. The summed E-state index contributed by atoms with van der Waals surface area (Å²) in [6.45, 7) is 1.93. The van der Waals surface area contributed by atoms with Gasteiger partial charge in [0.2, 0.25) is 17.7 Å². The lowest BCUT2D eigenvalue weighted by Crippen LogP contribution is -2.28. The van der Waals surface area contributed by atoms with Gasteiger partial charge < -0.3 is 9.73 Å². The molecule has 3 rings (SSSR count). The fraction of sp³-hybridized carbons (Fsp3) is 0.250. The van der Waals surface area contributed by atoms with Crippen molar-refractivity contribution in [1.82, 2.24) is 30.5 Å². The highest BCUT2D eigenvalue weighted by Crippen LogP contribution is 2.06. The van der Waals surface area contributed by atoms with Gasteiger partial charge in [0, 0.05) is 6.92 Å². The molecule has 20 heavy (non-hydrogen) atoms. The zero-order chi connectivity index (χ0) is 13.9. The number of benzene rings is 1. The first kappa shape index (κ1) is 12.3. The average molecular weight is 272 g/mol. The van der Waals surface area contributed by atoms with Gasteiger partial charge in [0.05, 0.1) is 6.54 Å². The van der Waals surface area contributed by atoms with E-state index in [-0.39, 0.29) is 19.0 Å². The van der Waals surface area contributed by atoms with Crippen LogP contribution in [0.3, 0.4) is 0 Å². The molecule has 0 atom stereocenters. The van der Waals surface area contributed by atoms with Crippen LogP contribution in [0, 0.1) is 6.92 Å². The summed E-state index contributed by atoms with van der Waals surface area (Å²) in [5, 5.41) is 18.5.